The lowest BCUT2D eigenvalue weighted by atomic mass is 9.90. The highest BCUT2D eigenvalue weighted by atomic mass is 28.4. The van der Waals surface area contributed by atoms with Gasteiger partial charge in [-0.15, -0.1) is 0 Å². The number of rotatable bonds is 5. The summed E-state index contributed by atoms with van der Waals surface area (Å²) in [6.45, 7) is 19.2. The molecule has 2 nitrogen and oxygen atoms in total. The Balaban J connectivity index is 2.70. The van der Waals surface area contributed by atoms with E-state index >= 15 is 0 Å². The molecule has 0 radical (unpaired) electrons. The fraction of sp³-hybridized carbons (Fsp3) is 0.875. The Kier molecular flexibility index (Phi) is 5.44. The molecule has 2 unspecified atom stereocenters. The smallest absolute Gasteiger partial charge is 0.194 e. The summed E-state index contributed by atoms with van der Waals surface area (Å²) in [6, 6.07) is 1.16. The van der Waals surface area contributed by atoms with Crippen molar-refractivity contribution in [3.63, 3.8) is 0 Å². The lowest BCUT2D eigenvalue weighted by Gasteiger charge is -2.44. The van der Waals surface area contributed by atoms with Gasteiger partial charge in [-0.2, -0.15) is 0 Å². The molecule has 0 spiro atoms. The largest absolute Gasteiger partial charge is 0.414 e. The van der Waals surface area contributed by atoms with Crippen molar-refractivity contribution in [2.75, 3.05) is 13.2 Å². The molecule has 1 fully saturated rings. The Morgan fingerprint density at radius 3 is 2.37 bits per heavy atom. The molecule has 0 saturated carbocycles. The Morgan fingerprint density at radius 2 is 2.00 bits per heavy atom. The molecule has 0 aromatic heterocycles. The van der Waals surface area contributed by atoms with E-state index < -0.39 is 8.32 Å². The van der Waals surface area contributed by atoms with Gasteiger partial charge in [-0.25, -0.2) is 0 Å². The van der Waals surface area contributed by atoms with Crippen LogP contribution < -0.4 is 0 Å². The Labute approximate surface area is 120 Å². The summed E-state index contributed by atoms with van der Waals surface area (Å²) >= 11 is 0. The van der Waals surface area contributed by atoms with Crippen LogP contribution in [0.15, 0.2) is 12.2 Å². The summed E-state index contributed by atoms with van der Waals surface area (Å²) in [6.07, 6.45) is 3.16. The van der Waals surface area contributed by atoms with Crippen molar-refractivity contribution in [1.29, 1.82) is 0 Å². The summed E-state index contributed by atoms with van der Waals surface area (Å²) in [5.41, 5.74) is 1.14. The number of hydrogen-bond donors (Lipinski definition) is 0. The molecular weight excluding hydrogens is 252 g/mol. The highest BCUT2D eigenvalue weighted by Crippen LogP contribution is 2.41. The molecule has 0 amide bonds. The molecule has 1 heterocycles. The minimum Gasteiger partial charge on any atom is -0.414 e. The monoisotopic (exact) mass is 284 g/mol. The first-order valence-electron chi connectivity index (χ1n) is 7.62. The fourth-order valence-corrected chi connectivity index (χ4v) is 4.72. The van der Waals surface area contributed by atoms with E-state index in [4.69, 9.17) is 9.16 Å². The predicted molar refractivity (Wildman–Crippen MR) is 85.1 cm³/mol. The van der Waals surface area contributed by atoms with Crippen LogP contribution in [0.5, 0.6) is 0 Å². The van der Waals surface area contributed by atoms with Gasteiger partial charge >= 0.3 is 0 Å². The molecule has 0 aromatic carbocycles. The van der Waals surface area contributed by atoms with E-state index in [1.165, 1.54) is 5.57 Å². The molecule has 19 heavy (non-hydrogen) atoms. The zero-order chi connectivity index (χ0) is 14.7. The topological polar surface area (TPSA) is 18.5 Å². The quantitative estimate of drug-likeness (QED) is 0.527. The first-order chi connectivity index (χ1) is 8.68. The van der Waals surface area contributed by atoms with Crippen LogP contribution in [0.25, 0.3) is 0 Å². The number of ether oxygens (including phenoxy) is 1. The van der Waals surface area contributed by atoms with Crippen LogP contribution in [0.1, 0.15) is 53.9 Å². The minimum atomic E-state index is -1.69. The van der Waals surface area contributed by atoms with Gasteiger partial charge in [-0.05, 0) is 36.9 Å². The minimum absolute atomic E-state index is 0.0735. The summed E-state index contributed by atoms with van der Waals surface area (Å²) in [4.78, 5) is 0. The third-order valence-electron chi connectivity index (χ3n) is 5.08. The molecule has 0 aromatic rings. The molecule has 2 atom stereocenters. The van der Waals surface area contributed by atoms with Crippen LogP contribution in [-0.2, 0) is 9.16 Å². The summed E-state index contributed by atoms with van der Waals surface area (Å²) in [5, 5.41) is 0.273. The second-order valence-corrected chi connectivity index (χ2v) is 12.2. The van der Waals surface area contributed by atoms with Crippen molar-refractivity contribution in [2.45, 2.75) is 77.1 Å². The number of hydrogen-bond acceptors (Lipinski definition) is 2. The Bertz CT molecular complexity index is 309. The first-order valence-corrected chi connectivity index (χ1v) is 10.2. The van der Waals surface area contributed by atoms with Gasteiger partial charge in [-0.1, -0.05) is 46.8 Å². The average Bonchev–Trinajstić information content (AvgIpc) is 2.37. The van der Waals surface area contributed by atoms with E-state index in [2.05, 4.69) is 47.7 Å². The van der Waals surface area contributed by atoms with Gasteiger partial charge in [0.2, 0.25) is 0 Å². The maximum atomic E-state index is 6.50. The molecule has 1 aliphatic heterocycles. The maximum absolute atomic E-state index is 6.50. The van der Waals surface area contributed by atoms with Gasteiger partial charge in [0.1, 0.15) is 0 Å². The van der Waals surface area contributed by atoms with Gasteiger partial charge in [0.05, 0.1) is 18.8 Å². The molecule has 0 N–H and O–H groups in total. The van der Waals surface area contributed by atoms with E-state index in [1.54, 1.807) is 0 Å². The maximum Gasteiger partial charge on any atom is 0.194 e. The van der Waals surface area contributed by atoms with Crippen molar-refractivity contribution >= 4 is 8.32 Å². The van der Waals surface area contributed by atoms with E-state index in [0.29, 0.717) is 6.61 Å². The van der Waals surface area contributed by atoms with Gasteiger partial charge in [0.15, 0.2) is 8.32 Å². The van der Waals surface area contributed by atoms with Crippen LogP contribution in [0.4, 0.5) is 0 Å². The molecular formula is C16H32O2Si. The van der Waals surface area contributed by atoms with Crippen molar-refractivity contribution < 1.29 is 9.16 Å². The predicted octanol–water partition coefficient (Wildman–Crippen LogP) is 4.91. The second kappa shape index (κ2) is 6.11. The fourth-order valence-electron chi connectivity index (χ4n) is 2.44. The average molecular weight is 285 g/mol. The standard InChI is InChI=1S/C16H32O2Si/c1-8-16(11-10-14(3)12-17-16)13-18-19(7,9-2)15(4,5)6/h3,8-13H2,1-2,4-7H3. The second-order valence-electron chi connectivity index (χ2n) is 7.20. The SMILES string of the molecule is C=C1CCC(CC)(CO[Si](C)(CC)C(C)(C)C)OC1. The summed E-state index contributed by atoms with van der Waals surface area (Å²) in [7, 11) is -1.69. The van der Waals surface area contributed by atoms with Gasteiger partial charge in [0, 0.05) is 0 Å². The van der Waals surface area contributed by atoms with Crippen molar-refractivity contribution in [3.8, 4) is 0 Å². The molecule has 112 valence electrons. The van der Waals surface area contributed by atoms with Crippen molar-refractivity contribution in [1.82, 2.24) is 0 Å². The van der Waals surface area contributed by atoms with E-state index in [1.807, 2.05) is 0 Å². The normalized spacial score (nSPS) is 28.2. The highest BCUT2D eigenvalue weighted by molar-refractivity contribution is 6.75. The lowest BCUT2D eigenvalue weighted by molar-refractivity contribution is -0.0895. The van der Waals surface area contributed by atoms with Crippen LogP contribution in [-0.4, -0.2) is 27.1 Å². The van der Waals surface area contributed by atoms with E-state index in [9.17, 15) is 0 Å². The van der Waals surface area contributed by atoms with Gasteiger partial charge < -0.3 is 9.16 Å². The van der Waals surface area contributed by atoms with Crippen LogP contribution in [0, 0.1) is 0 Å². The zero-order valence-electron chi connectivity index (χ0n) is 13.8. The van der Waals surface area contributed by atoms with Crippen molar-refractivity contribution in [3.05, 3.63) is 12.2 Å². The summed E-state index contributed by atoms with van der Waals surface area (Å²) in [5.74, 6) is 0. The molecule has 0 aliphatic carbocycles. The van der Waals surface area contributed by atoms with Gasteiger partial charge in [-0.3, -0.25) is 0 Å². The molecule has 0 bridgehead atoms. The zero-order valence-corrected chi connectivity index (χ0v) is 14.8. The van der Waals surface area contributed by atoms with E-state index in [-0.39, 0.29) is 10.6 Å². The highest BCUT2D eigenvalue weighted by Gasteiger charge is 2.43. The lowest BCUT2D eigenvalue weighted by Crippen LogP contribution is -2.49. The van der Waals surface area contributed by atoms with Crippen LogP contribution in [0.3, 0.4) is 0 Å². The molecule has 1 rings (SSSR count). The van der Waals surface area contributed by atoms with Crippen LogP contribution >= 0.6 is 0 Å². The van der Waals surface area contributed by atoms with Crippen molar-refractivity contribution in [2.24, 2.45) is 0 Å². The van der Waals surface area contributed by atoms with E-state index in [0.717, 1.165) is 31.9 Å². The third kappa shape index (κ3) is 3.93. The first kappa shape index (κ1) is 16.9. The van der Waals surface area contributed by atoms with Crippen LogP contribution in [0.2, 0.25) is 17.6 Å². The Morgan fingerprint density at radius 1 is 1.37 bits per heavy atom. The molecule has 1 saturated heterocycles. The summed E-state index contributed by atoms with van der Waals surface area (Å²) < 4.78 is 12.6. The third-order valence-corrected chi connectivity index (χ3v) is 10.4. The molecule has 1 aliphatic rings. The molecule has 3 heteroatoms. The van der Waals surface area contributed by atoms with Gasteiger partial charge in [0.25, 0.3) is 0 Å². The Hall–Kier alpha value is -0.123.